The molecule has 60 valence electrons. The third-order valence-electron chi connectivity index (χ3n) is 1.67. The Balaban J connectivity index is 2.68. The number of carbonyl (C=O) groups excluding carboxylic acids is 1. The number of H-pyrrole nitrogens is 1. The van der Waals surface area contributed by atoms with E-state index in [2.05, 4.69) is 22.6 Å². The molecule has 0 bridgehead atoms. The fraction of sp³-hybridized carbons (Fsp3) is 0. The van der Waals surface area contributed by atoms with Crippen LogP contribution < -0.4 is 0 Å². The molecule has 4 heteroatoms. The Bertz CT molecular complexity index is 435. The molecule has 0 aliphatic heterocycles. The first kappa shape index (κ1) is 7.36. The minimum Gasteiger partial charge on any atom is -0.345 e. The van der Waals surface area contributed by atoms with Gasteiger partial charge in [0, 0.05) is 5.56 Å². The van der Waals surface area contributed by atoms with Gasteiger partial charge in [-0.2, -0.15) is 0 Å². The molecule has 2 rings (SSSR count). The number of rotatable bonds is 1. The standard InChI is InChI=1S/C8H6N2OS/c11-8(12)5-1-2-6-7(3-5)10-4-9-6/h1-4H,(H,9,10)(H,11,12). The maximum absolute atomic E-state index is 10.8. The average molecular weight is 178 g/mol. The van der Waals surface area contributed by atoms with Crippen molar-refractivity contribution in [2.75, 3.05) is 0 Å². The summed E-state index contributed by atoms with van der Waals surface area (Å²) in [6.45, 7) is 0. The molecule has 1 heterocycles. The van der Waals surface area contributed by atoms with Crippen molar-refractivity contribution < 1.29 is 4.79 Å². The van der Waals surface area contributed by atoms with Crippen LogP contribution in [0.2, 0.25) is 0 Å². The highest BCUT2D eigenvalue weighted by Crippen LogP contribution is 2.12. The first-order valence-corrected chi connectivity index (χ1v) is 3.88. The number of benzene rings is 1. The number of hydrogen-bond donors (Lipinski definition) is 2. The fourth-order valence-corrected chi connectivity index (χ4v) is 1.21. The van der Waals surface area contributed by atoms with Crippen molar-refractivity contribution in [2.24, 2.45) is 0 Å². The van der Waals surface area contributed by atoms with Gasteiger partial charge in [0.05, 0.1) is 17.4 Å². The van der Waals surface area contributed by atoms with Crippen LogP contribution >= 0.6 is 12.6 Å². The van der Waals surface area contributed by atoms with E-state index in [-0.39, 0.29) is 5.12 Å². The Morgan fingerprint density at radius 2 is 2.33 bits per heavy atom. The van der Waals surface area contributed by atoms with E-state index in [1.54, 1.807) is 24.5 Å². The summed E-state index contributed by atoms with van der Waals surface area (Å²) in [6, 6.07) is 5.23. The quantitative estimate of drug-likeness (QED) is 0.652. The van der Waals surface area contributed by atoms with Crippen LogP contribution in [0.3, 0.4) is 0 Å². The van der Waals surface area contributed by atoms with Gasteiger partial charge in [-0.25, -0.2) is 4.98 Å². The zero-order valence-corrected chi connectivity index (χ0v) is 7.01. The van der Waals surface area contributed by atoms with Crippen LogP contribution in [0.5, 0.6) is 0 Å². The van der Waals surface area contributed by atoms with Gasteiger partial charge in [0.25, 0.3) is 0 Å². The summed E-state index contributed by atoms with van der Waals surface area (Å²) in [6.07, 6.45) is 1.59. The van der Waals surface area contributed by atoms with Gasteiger partial charge in [0.1, 0.15) is 0 Å². The Morgan fingerprint density at radius 1 is 1.50 bits per heavy atom. The Kier molecular flexibility index (Phi) is 1.62. The number of aromatic nitrogens is 2. The molecule has 2 aromatic rings. The predicted molar refractivity (Wildman–Crippen MR) is 49.4 cm³/mol. The molecule has 1 N–H and O–H groups in total. The molecule has 0 amide bonds. The summed E-state index contributed by atoms with van der Waals surface area (Å²) < 4.78 is 0. The summed E-state index contributed by atoms with van der Waals surface area (Å²) in [4.78, 5) is 17.8. The van der Waals surface area contributed by atoms with Crippen molar-refractivity contribution in [1.29, 1.82) is 0 Å². The molecule has 0 atom stereocenters. The Hall–Kier alpha value is -1.29. The van der Waals surface area contributed by atoms with E-state index >= 15 is 0 Å². The number of nitrogens with zero attached hydrogens (tertiary/aromatic N) is 1. The normalized spacial score (nSPS) is 10.4. The van der Waals surface area contributed by atoms with Crippen molar-refractivity contribution in [3.05, 3.63) is 30.1 Å². The molecule has 1 aromatic carbocycles. The molecular formula is C8H6N2OS. The monoisotopic (exact) mass is 178 g/mol. The fourth-order valence-electron chi connectivity index (χ4n) is 1.07. The molecule has 0 aliphatic carbocycles. The number of fused-ring (bicyclic) bond motifs is 1. The van der Waals surface area contributed by atoms with Gasteiger partial charge in [0.2, 0.25) is 5.12 Å². The van der Waals surface area contributed by atoms with E-state index in [4.69, 9.17) is 0 Å². The summed E-state index contributed by atoms with van der Waals surface area (Å²) >= 11 is 3.72. The van der Waals surface area contributed by atoms with Gasteiger partial charge >= 0.3 is 0 Å². The third-order valence-corrected chi connectivity index (χ3v) is 1.93. The Morgan fingerprint density at radius 3 is 3.08 bits per heavy atom. The molecule has 0 saturated carbocycles. The molecule has 0 aliphatic rings. The van der Waals surface area contributed by atoms with E-state index in [9.17, 15) is 4.79 Å². The first-order valence-electron chi connectivity index (χ1n) is 3.44. The van der Waals surface area contributed by atoms with Crippen LogP contribution in [-0.2, 0) is 0 Å². The molecular weight excluding hydrogens is 172 g/mol. The second-order valence-corrected chi connectivity index (χ2v) is 2.85. The van der Waals surface area contributed by atoms with Gasteiger partial charge in [-0.15, -0.1) is 12.6 Å². The highest BCUT2D eigenvalue weighted by molar-refractivity contribution is 7.97. The van der Waals surface area contributed by atoms with Crippen LogP contribution in [0, 0.1) is 0 Å². The number of carbonyl (C=O) groups is 1. The van der Waals surface area contributed by atoms with Crippen LogP contribution in [0.1, 0.15) is 10.4 Å². The second-order valence-electron chi connectivity index (χ2n) is 2.44. The minimum absolute atomic E-state index is 0.230. The lowest BCUT2D eigenvalue weighted by Crippen LogP contribution is -1.87. The van der Waals surface area contributed by atoms with Gasteiger partial charge in [-0.05, 0) is 18.2 Å². The van der Waals surface area contributed by atoms with Gasteiger partial charge in [-0.1, -0.05) is 0 Å². The molecule has 0 spiro atoms. The van der Waals surface area contributed by atoms with Crippen LogP contribution in [0.25, 0.3) is 11.0 Å². The van der Waals surface area contributed by atoms with Crippen LogP contribution in [0.4, 0.5) is 0 Å². The highest BCUT2D eigenvalue weighted by atomic mass is 32.1. The molecule has 12 heavy (non-hydrogen) atoms. The lowest BCUT2D eigenvalue weighted by atomic mass is 10.2. The summed E-state index contributed by atoms with van der Waals surface area (Å²) in [5.74, 6) is 0. The van der Waals surface area contributed by atoms with E-state index in [0.29, 0.717) is 5.56 Å². The smallest absolute Gasteiger partial charge is 0.216 e. The predicted octanol–water partition coefficient (Wildman–Crippen LogP) is 1.63. The zero-order valence-electron chi connectivity index (χ0n) is 6.11. The molecule has 0 unspecified atom stereocenters. The number of thiol groups is 1. The minimum atomic E-state index is -0.230. The van der Waals surface area contributed by atoms with Crippen molar-refractivity contribution in [3.63, 3.8) is 0 Å². The molecule has 1 aromatic heterocycles. The van der Waals surface area contributed by atoms with E-state index in [0.717, 1.165) is 11.0 Å². The highest BCUT2D eigenvalue weighted by Gasteiger charge is 2.01. The van der Waals surface area contributed by atoms with E-state index < -0.39 is 0 Å². The number of hydrogen-bond acceptors (Lipinski definition) is 2. The maximum atomic E-state index is 10.8. The van der Waals surface area contributed by atoms with Gasteiger partial charge in [0.15, 0.2) is 0 Å². The zero-order chi connectivity index (χ0) is 8.55. The first-order chi connectivity index (χ1) is 5.77. The molecule has 0 saturated heterocycles. The van der Waals surface area contributed by atoms with Gasteiger partial charge in [-0.3, -0.25) is 4.79 Å². The van der Waals surface area contributed by atoms with Crippen LogP contribution in [0.15, 0.2) is 24.5 Å². The molecule has 0 radical (unpaired) electrons. The topological polar surface area (TPSA) is 45.8 Å². The lowest BCUT2D eigenvalue weighted by Gasteiger charge is -1.92. The SMILES string of the molecule is O=C(S)c1ccc2nc[nH]c2c1. The van der Waals surface area contributed by atoms with Crippen molar-refractivity contribution in [2.45, 2.75) is 0 Å². The summed E-state index contributed by atoms with van der Waals surface area (Å²) in [5, 5.41) is -0.230. The number of aromatic amines is 1. The van der Waals surface area contributed by atoms with Crippen molar-refractivity contribution in [3.8, 4) is 0 Å². The maximum Gasteiger partial charge on any atom is 0.216 e. The lowest BCUT2D eigenvalue weighted by molar-refractivity contribution is 0.109. The number of nitrogens with one attached hydrogen (secondary N) is 1. The van der Waals surface area contributed by atoms with E-state index in [1.807, 2.05) is 0 Å². The van der Waals surface area contributed by atoms with Crippen molar-refractivity contribution in [1.82, 2.24) is 9.97 Å². The summed E-state index contributed by atoms with van der Waals surface area (Å²) in [5.41, 5.74) is 2.29. The van der Waals surface area contributed by atoms with E-state index in [1.165, 1.54) is 0 Å². The van der Waals surface area contributed by atoms with Crippen LogP contribution in [-0.4, -0.2) is 15.1 Å². The number of imidazole rings is 1. The Labute approximate surface area is 74.2 Å². The van der Waals surface area contributed by atoms with Crippen molar-refractivity contribution >= 4 is 28.8 Å². The van der Waals surface area contributed by atoms with Gasteiger partial charge < -0.3 is 4.98 Å². The average Bonchev–Trinajstić information content (AvgIpc) is 2.49. The second kappa shape index (κ2) is 2.64. The molecule has 0 fully saturated rings. The summed E-state index contributed by atoms with van der Waals surface area (Å²) in [7, 11) is 0. The largest absolute Gasteiger partial charge is 0.345 e. The molecule has 3 nitrogen and oxygen atoms in total. The third kappa shape index (κ3) is 1.10.